The predicted octanol–water partition coefficient (Wildman–Crippen LogP) is 0.752. The van der Waals surface area contributed by atoms with Crippen molar-refractivity contribution in [1.29, 1.82) is 0 Å². The van der Waals surface area contributed by atoms with Crippen molar-refractivity contribution < 1.29 is 0 Å². The van der Waals surface area contributed by atoms with E-state index in [0.717, 1.165) is 24.6 Å². The minimum absolute atomic E-state index is 0.776. The van der Waals surface area contributed by atoms with Gasteiger partial charge in [-0.05, 0) is 6.92 Å². The smallest absolute Gasteiger partial charge is 0.122 e. The van der Waals surface area contributed by atoms with Crippen molar-refractivity contribution in [2.45, 2.75) is 20.0 Å². The standard InChI is InChI=1S/C11H17N5/c1-9-10(8-16(3)14-9)6-12-7-11-13-4-5-15(11)2/h4-5,8,12H,6-7H2,1-3H3. The molecule has 0 amide bonds. The van der Waals surface area contributed by atoms with E-state index in [2.05, 4.69) is 15.4 Å². The molecule has 0 spiro atoms. The molecule has 0 aromatic carbocycles. The summed E-state index contributed by atoms with van der Waals surface area (Å²) in [7, 11) is 3.94. The maximum Gasteiger partial charge on any atom is 0.122 e. The lowest BCUT2D eigenvalue weighted by atomic mass is 10.2. The van der Waals surface area contributed by atoms with Crippen molar-refractivity contribution in [1.82, 2.24) is 24.6 Å². The molecule has 0 unspecified atom stereocenters. The normalized spacial score (nSPS) is 10.9. The number of aromatic nitrogens is 4. The van der Waals surface area contributed by atoms with Gasteiger partial charge in [0.05, 0.1) is 12.2 Å². The number of nitrogens with one attached hydrogen (secondary N) is 1. The van der Waals surface area contributed by atoms with Crippen molar-refractivity contribution in [2.75, 3.05) is 0 Å². The molecule has 1 N–H and O–H groups in total. The predicted molar refractivity (Wildman–Crippen MR) is 61.7 cm³/mol. The van der Waals surface area contributed by atoms with E-state index < -0.39 is 0 Å². The van der Waals surface area contributed by atoms with Crippen molar-refractivity contribution in [3.8, 4) is 0 Å². The van der Waals surface area contributed by atoms with Gasteiger partial charge in [-0.25, -0.2) is 4.98 Å². The minimum Gasteiger partial charge on any atom is -0.337 e. The third-order valence-corrected chi connectivity index (χ3v) is 2.63. The van der Waals surface area contributed by atoms with Crippen LogP contribution >= 0.6 is 0 Å². The summed E-state index contributed by atoms with van der Waals surface area (Å²) in [6, 6.07) is 0. The molecule has 0 radical (unpaired) electrons. The van der Waals surface area contributed by atoms with Crippen molar-refractivity contribution in [3.05, 3.63) is 35.7 Å². The number of rotatable bonds is 4. The zero-order valence-electron chi connectivity index (χ0n) is 9.94. The average Bonchev–Trinajstić information content (AvgIpc) is 2.75. The van der Waals surface area contributed by atoms with Gasteiger partial charge in [0.25, 0.3) is 0 Å². The zero-order valence-corrected chi connectivity index (χ0v) is 9.94. The van der Waals surface area contributed by atoms with E-state index in [-0.39, 0.29) is 0 Å². The monoisotopic (exact) mass is 219 g/mol. The lowest BCUT2D eigenvalue weighted by molar-refractivity contribution is 0.637. The lowest BCUT2D eigenvalue weighted by Crippen LogP contribution is -2.15. The Bertz CT molecular complexity index is 468. The maximum atomic E-state index is 4.30. The Balaban J connectivity index is 1.89. The SMILES string of the molecule is Cc1nn(C)cc1CNCc1nccn1C. The summed E-state index contributed by atoms with van der Waals surface area (Å²) >= 11 is 0. The van der Waals surface area contributed by atoms with Crippen molar-refractivity contribution in [3.63, 3.8) is 0 Å². The van der Waals surface area contributed by atoms with Crippen LogP contribution in [-0.2, 0) is 27.2 Å². The van der Waals surface area contributed by atoms with Gasteiger partial charge in [-0.3, -0.25) is 4.68 Å². The van der Waals surface area contributed by atoms with Crippen LogP contribution in [0.2, 0.25) is 0 Å². The van der Waals surface area contributed by atoms with Gasteiger partial charge >= 0.3 is 0 Å². The highest BCUT2D eigenvalue weighted by Gasteiger charge is 2.03. The van der Waals surface area contributed by atoms with Crippen LogP contribution in [0.25, 0.3) is 0 Å². The highest BCUT2D eigenvalue weighted by Crippen LogP contribution is 2.04. The van der Waals surface area contributed by atoms with E-state index in [1.54, 1.807) is 0 Å². The van der Waals surface area contributed by atoms with Crippen LogP contribution < -0.4 is 5.32 Å². The second-order valence-corrected chi connectivity index (χ2v) is 3.97. The van der Waals surface area contributed by atoms with E-state index >= 15 is 0 Å². The van der Waals surface area contributed by atoms with Gasteiger partial charge in [-0.15, -0.1) is 0 Å². The molecule has 0 saturated heterocycles. The molecular weight excluding hydrogens is 202 g/mol. The number of aryl methyl sites for hydroxylation is 3. The first-order valence-electron chi connectivity index (χ1n) is 5.33. The summed E-state index contributed by atoms with van der Waals surface area (Å²) in [5.41, 5.74) is 2.31. The molecule has 0 aliphatic heterocycles. The number of hydrogen-bond donors (Lipinski definition) is 1. The van der Waals surface area contributed by atoms with Gasteiger partial charge in [-0.2, -0.15) is 5.10 Å². The fraction of sp³-hybridized carbons (Fsp3) is 0.455. The Morgan fingerprint density at radius 2 is 2.12 bits per heavy atom. The van der Waals surface area contributed by atoms with E-state index in [9.17, 15) is 0 Å². The van der Waals surface area contributed by atoms with E-state index in [4.69, 9.17) is 0 Å². The highest BCUT2D eigenvalue weighted by atomic mass is 15.3. The summed E-state index contributed by atoms with van der Waals surface area (Å²) < 4.78 is 3.86. The fourth-order valence-electron chi connectivity index (χ4n) is 1.70. The largest absolute Gasteiger partial charge is 0.337 e. The van der Waals surface area contributed by atoms with Gasteiger partial charge in [0.15, 0.2) is 0 Å². The second kappa shape index (κ2) is 4.49. The molecule has 2 aromatic heterocycles. The molecule has 0 aliphatic rings. The molecule has 0 atom stereocenters. The van der Waals surface area contributed by atoms with Gasteiger partial charge in [0.2, 0.25) is 0 Å². The molecule has 2 aromatic rings. The van der Waals surface area contributed by atoms with Crippen LogP contribution in [-0.4, -0.2) is 19.3 Å². The van der Waals surface area contributed by atoms with Crippen LogP contribution in [0, 0.1) is 6.92 Å². The van der Waals surface area contributed by atoms with E-state index in [1.807, 2.05) is 48.9 Å². The molecule has 5 heteroatoms. The molecule has 86 valence electrons. The number of imidazole rings is 1. The average molecular weight is 219 g/mol. The first-order valence-corrected chi connectivity index (χ1v) is 5.33. The molecule has 2 rings (SSSR count). The topological polar surface area (TPSA) is 47.7 Å². The van der Waals surface area contributed by atoms with Gasteiger partial charge in [-0.1, -0.05) is 0 Å². The van der Waals surface area contributed by atoms with Crippen LogP contribution in [0.15, 0.2) is 18.6 Å². The summed E-state index contributed by atoms with van der Waals surface area (Å²) in [6.07, 6.45) is 5.80. The van der Waals surface area contributed by atoms with Gasteiger partial charge in [0.1, 0.15) is 5.82 Å². The molecule has 0 saturated carbocycles. The zero-order chi connectivity index (χ0) is 11.5. The van der Waals surface area contributed by atoms with Crippen molar-refractivity contribution in [2.24, 2.45) is 14.1 Å². The summed E-state index contributed by atoms with van der Waals surface area (Å²) in [5, 5.41) is 7.66. The maximum absolute atomic E-state index is 4.30. The van der Waals surface area contributed by atoms with Gasteiger partial charge in [0, 0.05) is 44.8 Å². The molecule has 16 heavy (non-hydrogen) atoms. The van der Waals surface area contributed by atoms with Gasteiger partial charge < -0.3 is 9.88 Å². The van der Waals surface area contributed by atoms with E-state index in [0.29, 0.717) is 0 Å². The highest BCUT2D eigenvalue weighted by molar-refractivity contribution is 5.14. The van der Waals surface area contributed by atoms with E-state index in [1.165, 1.54) is 5.56 Å². The summed E-state index contributed by atoms with van der Waals surface area (Å²) in [4.78, 5) is 4.25. The third kappa shape index (κ3) is 2.30. The molecule has 2 heterocycles. The van der Waals surface area contributed by atoms with Crippen molar-refractivity contribution >= 4 is 0 Å². The Labute approximate surface area is 95.1 Å². The Morgan fingerprint density at radius 3 is 2.69 bits per heavy atom. The Hall–Kier alpha value is -1.62. The van der Waals surface area contributed by atoms with Crippen LogP contribution in [0.4, 0.5) is 0 Å². The molecule has 0 bridgehead atoms. The Kier molecular flexibility index (Phi) is 3.05. The van der Waals surface area contributed by atoms with Crippen LogP contribution in [0.1, 0.15) is 17.1 Å². The van der Waals surface area contributed by atoms with Crippen LogP contribution in [0.5, 0.6) is 0 Å². The first-order chi connectivity index (χ1) is 7.66. The Morgan fingerprint density at radius 1 is 1.31 bits per heavy atom. The lowest BCUT2D eigenvalue weighted by Gasteiger charge is -2.03. The number of hydrogen-bond acceptors (Lipinski definition) is 3. The molecular formula is C11H17N5. The van der Waals surface area contributed by atoms with Crippen LogP contribution in [0.3, 0.4) is 0 Å². The molecule has 5 nitrogen and oxygen atoms in total. The molecule has 0 aliphatic carbocycles. The number of nitrogens with zero attached hydrogens (tertiary/aromatic N) is 4. The fourth-order valence-corrected chi connectivity index (χ4v) is 1.70. The third-order valence-electron chi connectivity index (χ3n) is 2.63. The molecule has 0 fully saturated rings. The minimum atomic E-state index is 0.776. The summed E-state index contributed by atoms with van der Waals surface area (Å²) in [6.45, 7) is 3.63. The summed E-state index contributed by atoms with van der Waals surface area (Å²) in [5.74, 6) is 1.04. The quantitative estimate of drug-likeness (QED) is 0.825. The first kappa shape index (κ1) is 10.9. The second-order valence-electron chi connectivity index (χ2n) is 3.97.